The quantitative estimate of drug-likeness (QED) is 0.881. The van der Waals surface area contributed by atoms with E-state index in [2.05, 4.69) is 26.0 Å². The molecule has 1 saturated heterocycles. The van der Waals surface area contributed by atoms with Crippen LogP contribution in [0.4, 0.5) is 0 Å². The van der Waals surface area contributed by atoms with Crippen LogP contribution in [0.25, 0.3) is 0 Å². The molecule has 0 bridgehead atoms. The van der Waals surface area contributed by atoms with E-state index >= 15 is 0 Å². The van der Waals surface area contributed by atoms with Gasteiger partial charge in [-0.3, -0.25) is 0 Å². The summed E-state index contributed by atoms with van der Waals surface area (Å²) >= 11 is 3.37. The lowest BCUT2D eigenvalue weighted by atomic mass is 10.1. The first kappa shape index (κ1) is 14.0. The number of nitrogens with one attached hydrogen (secondary N) is 2. The van der Waals surface area contributed by atoms with Crippen molar-refractivity contribution >= 4 is 26.0 Å². The lowest BCUT2D eigenvalue weighted by molar-refractivity contribution is 0.538. The molecule has 4 nitrogen and oxygen atoms in total. The summed E-state index contributed by atoms with van der Waals surface area (Å²) in [5.74, 6) is 0.399. The van der Waals surface area contributed by atoms with Gasteiger partial charge in [-0.15, -0.1) is 0 Å². The molecule has 1 fully saturated rings. The standard InChI is InChI=1S/C12H17BrN2O2S/c1-9-6-11(2-3-12(9)13)18(16,17)15-8-10-4-5-14-7-10/h2-3,6,10,14-15H,4-5,7-8H2,1H3. The second-order valence-corrected chi connectivity index (χ2v) is 7.24. The molecule has 100 valence electrons. The molecule has 1 aromatic rings. The third-order valence-electron chi connectivity index (χ3n) is 3.16. The van der Waals surface area contributed by atoms with Crippen molar-refractivity contribution in [3.8, 4) is 0 Å². The van der Waals surface area contributed by atoms with Crippen LogP contribution >= 0.6 is 15.9 Å². The Morgan fingerprint density at radius 1 is 1.50 bits per heavy atom. The molecule has 0 radical (unpaired) electrons. The highest BCUT2D eigenvalue weighted by molar-refractivity contribution is 9.10. The minimum absolute atomic E-state index is 0.328. The maximum Gasteiger partial charge on any atom is 0.240 e. The summed E-state index contributed by atoms with van der Waals surface area (Å²) in [6, 6.07) is 5.06. The molecule has 1 heterocycles. The third kappa shape index (κ3) is 3.32. The second kappa shape index (κ2) is 5.69. The van der Waals surface area contributed by atoms with Crippen LogP contribution in [0.1, 0.15) is 12.0 Å². The second-order valence-electron chi connectivity index (χ2n) is 4.62. The van der Waals surface area contributed by atoms with Crippen LogP contribution < -0.4 is 10.0 Å². The Kier molecular flexibility index (Phi) is 4.42. The lowest BCUT2D eigenvalue weighted by Gasteiger charge is -2.11. The van der Waals surface area contributed by atoms with E-state index in [4.69, 9.17) is 0 Å². The van der Waals surface area contributed by atoms with Crippen LogP contribution in [-0.4, -0.2) is 28.1 Å². The first-order valence-electron chi connectivity index (χ1n) is 5.95. The zero-order valence-electron chi connectivity index (χ0n) is 10.2. The maximum absolute atomic E-state index is 12.1. The Hall–Kier alpha value is -0.430. The number of rotatable bonds is 4. The third-order valence-corrected chi connectivity index (χ3v) is 5.48. The predicted octanol–water partition coefficient (Wildman–Crippen LogP) is 1.65. The van der Waals surface area contributed by atoms with Crippen molar-refractivity contribution in [2.75, 3.05) is 19.6 Å². The summed E-state index contributed by atoms with van der Waals surface area (Å²) in [4.78, 5) is 0.328. The van der Waals surface area contributed by atoms with Crippen LogP contribution in [0, 0.1) is 12.8 Å². The van der Waals surface area contributed by atoms with Gasteiger partial charge in [0.2, 0.25) is 10.0 Å². The normalized spacial score (nSPS) is 20.2. The van der Waals surface area contributed by atoms with E-state index in [0.717, 1.165) is 29.5 Å². The van der Waals surface area contributed by atoms with Crippen molar-refractivity contribution in [2.24, 2.45) is 5.92 Å². The smallest absolute Gasteiger partial charge is 0.240 e. The molecule has 2 N–H and O–H groups in total. The fourth-order valence-electron chi connectivity index (χ4n) is 1.98. The van der Waals surface area contributed by atoms with Crippen LogP contribution in [0.5, 0.6) is 0 Å². The van der Waals surface area contributed by atoms with Crippen molar-refractivity contribution in [3.63, 3.8) is 0 Å². The van der Waals surface area contributed by atoms with Gasteiger partial charge >= 0.3 is 0 Å². The van der Waals surface area contributed by atoms with Gasteiger partial charge in [-0.1, -0.05) is 15.9 Å². The Balaban J connectivity index is 2.07. The molecule has 18 heavy (non-hydrogen) atoms. The predicted molar refractivity (Wildman–Crippen MR) is 75.0 cm³/mol. The van der Waals surface area contributed by atoms with Crippen LogP contribution in [0.3, 0.4) is 0 Å². The molecule has 1 unspecified atom stereocenters. The van der Waals surface area contributed by atoms with Gasteiger partial charge in [-0.25, -0.2) is 13.1 Å². The Labute approximate surface area is 116 Å². The first-order chi connectivity index (χ1) is 8.49. The monoisotopic (exact) mass is 332 g/mol. The summed E-state index contributed by atoms with van der Waals surface area (Å²) in [7, 11) is -3.39. The van der Waals surface area contributed by atoms with E-state index in [1.54, 1.807) is 18.2 Å². The number of sulfonamides is 1. The first-order valence-corrected chi connectivity index (χ1v) is 8.23. The molecule has 0 aromatic heterocycles. The highest BCUT2D eigenvalue weighted by atomic mass is 79.9. The molecule has 0 spiro atoms. The molecule has 0 amide bonds. The molecule has 1 aliphatic heterocycles. The van der Waals surface area contributed by atoms with Crippen LogP contribution in [-0.2, 0) is 10.0 Å². The number of hydrogen-bond donors (Lipinski definition) is 2. The van der Waals surface area contributed by atoms with Gasteiger partial charge in [0.25, 0.3) is 0 Å². The Morgan fingerprint density at radius 3 is 2.89 bits per heavy atom. The van der Waals surface area contributed by atoms with Gasteiger partial charge < -0.3 is 5.32 Å². The maximum atomic E-state index is 12.1. The van der Waals surface area contributed by atoms with Crippen molar-refractivity contribution < 1.29 is 8.42 Å². The highest BCUT2D eigenvalue weighted by Crippen LogP contribution is 2.20. The minimum atomic E-state index is -3.39. The van der Waals surface area contributed by atoms with Gasteiger partial charge in [0.05, 0.1) is 4.90 Å². The highest BCUT2D eigenvalue weighted by Gasteiger charge is 2.19. The van der Waals surface area contributed by atoms with E-state index in [1.807, 2.05) is 6.92 Å². The number of hydrogen-bond acceptors (Lipinski definition) is 3. The number of aryl methyl sites for hydroxylation is 1. The molecule has 1 aliphatic rings. The van der Waals surface area contributed by atoms with E-state index in [0.29, 0.717) is 17.4 Å². The van der Waals surface area contributed by atoms with Gasteiger partial charge in [0, 0.05) is 11.0 Å². The van der Waals surface area contributed by atoms with E-state index in [9.17, 15) is 8.42 Å². The fraction of sp³-hybridized carbons (Fsp3) is 0.500. The van der Waals surface area contributed by atoms with E-state index in [1.165, 1.54) is 0 Å². The van der Waals surface area contributed by atoms with Crippen molar-refractivity contribution in [1.29, 1.82) is 0 Å². The Morgan fingerprint density at radius 2 is 2.28 bits per heavy atom. The molecule has 1 atom stereocenters. The summed E-state index contributed by atoms with van der Waals surface area (Å²) < 4.78 is 27.8. The molecular formula is C12H17BrN2O2S. The summed E-state index contributed by atoms with van der Waals surface area (Å²) in [6.45, 7) is 4.25. The number of halogens is 1. The van der Waals surface area contributed by atoms with Crippen LogP contribution in [0.2, 0.25) is 0 Å². The largest absolute Gasteiger partial charge is 0.316 e. The fourth-order valence-corrected chi connectivity index (χ4v) is 3.43. The zero-order chi connectivity index (χ0) is 13.2. The summed E-state index contributed by atoms with van der Waals surface area (Å²) in [6.07, 6.45) is 1.03. The van der Waals surface area contributed by atoms with Crippen molar-refractivity contribution in [3.05, 3.63) is 28.2 Å². The van der Waals surface area contributed by atoms with Gasteiger partial charge in [-0.2, -0.15) is 0 Å². The molecule has 0 saturated carbocycles. The van der Waals surface area contributed by atoms with Gasteiger partial charge in [0.1, 0.15) is 0 Å². The number of benzene rings is 1. The van der Waals surface area contributed by atoms with E-state index in [-0.39, 0.29) is 0 Å². The zero-order valence-corrected chi connectivity index (χ0v) is 12.6. The summed E-state index contributed by atoms with van der Waals surface area (Å²) in [5.41, 5.74) is 0.917. The molecule has 2 rings (SSSR count). The van der Waals surface area contributed by atoms with E-state index < -0.39 is 10.0 Å². The molecule has 0 aliphatic carbocycles. The molecular weight excluding hydrogens is 316 g/mol. The van der Waals surface area contributed by atoms with Crippen LogP contribution in [0.15, 0.2) is 27.6 Å². The van der Waals surface area contributed by atoms with Crippen molar-refractivity contribution in [2.45, 2.75) is 18.2 Å². The average molecular weight is 333 g/mol. The van der Waals surface area contributed by atoms with Gasteiger partial charge in [0.15, 0.2) is 0 Å². The van der Waals surface area contributed by atoms with Gasteiger partial charge in [-0.05, 0) is 56.1 Å². The Bertz CT molecular complexity index is 525. The molecule has 6 heteroatoms. The SMILES string of the molecule is Cc1cc(S(=O)(=O)NCC2CCNC2)ccc1Br. The minimum Gasteiger partial charge on any atom is -0.316 e. The topological polar surface area (TPSA) is 58.2 Å². The summed E-state index contributed by atoms with van der Waals surface area (Å²) in [5, 5.41) is 3.22. The average Bonchev–Trinajstić information content (AvgIpc) is 2.83. The lowest BCUT2D eigenvalue weighted by Crippen LogP contribution is -2.30. The van der Waals surface area contributed by atoms with Crippen molar-refractivity contribution in [1.82, 2.24) is 10.0 Å². The molecule has 1 aromatic carbocycles.